The number of hydrogen-bond donors (Lipinski definition) is 1. The molecule has 1 amide bonds. The lowest BCUT2D eigenvalue weighted by Gasteiger charge is -2.26. The average molecular weight is 453 g/mol. The summed E-state index contributed by atoms with van der Waals surface area (Å²) in [6.07, 6.45) is 1.08. The van der Waals surface area contributed by atoms with E-state index in [1.54, 1.807) is 12.1 Å². The van der Waals surface area contributed by atoms with Crippen molar-refractivity contribution in [2.45, 2.75) is 19.9 Å². The fourth-order valence-electron chi connectivity index (χ4n) is 3.61. The predicted octanol–water partition coefficient (Wildman–Crippen LogP) is 3.98. The molecule has 0 aliphatic heterocycles. The highest BCUT2D eigenvalue weighted by molar-refractivity contribution is 7.92. The topological polar surface area (TPSA) is 75.7 Å². The van der Waals surface area contributed by atoms with Crippen LogP contribution in [-0.2, 0) is 14.8 Å². The van der Waals surface area contributed by atoms with Crippen molar-refractivity contribution in [3.05, 3.63) is 95.1 Å². The van der Waals surface area contributed by atoms with Crippen molar-refractivity contribution >= 4 is 21.6 Å². The van der Waals surface area contributed by atoms with Crippen molar-refractivity contribution in [3.63, 3.8) is 0 Å². The number of amides is 1. The highest BCUT2D eigenvalue weighted by atomic mass is 32.2. The SMILES string of the molecule is COc1ccc(C)cc1N(CC(=O)N[C@@H](c1ccccc1)c1ccccc1C)S(C)(=O)=O. The number of rotatable bonds is 8. The Bertz CT molecular complexity index is 1190. The van der Waals surface area contributed by atoms with Gasteiger partial charge in [0, 0.05) is 0 Å². The van der Waals surface area contributed by atoms with Crippen LogP contribution in [0.3, 0.4) is 0 Å². The van der Waals surface area contributed by atoms with E-state index < -0.39 is 22.0 Å². The number of nitrogens with zero attached hydrogens (tertiary/aromatic N) is 1. The summed E-state index contributed by atoms with van der Waals surface area (Å²) in [7, 11) is -2.27. The molecule has 3 aromatic carbocycles. The standard InChI is InChI=1S/C25H28N2O4S/c1-18-14-15-23(31-3)22(16-18)27(32(4,29)30)17-24(28)26-25(20-11-6-5-7-12-20)21-13-9-8-10-19(21)2/h5-16,25H,17H2,1-4H3,(H,26,28)/t25-/m0/s1. The molecule has 0 radical (unpaired) electrons. The lowest BCUT2D eigenvalue weighted by atomic mass is 9.95. The molecule has 0 heterocycles. The molecule has 0 bridgehead atoms. The molecule has 7 heteroatoms. The summed E-state index contributed by atoms with van der Waals surface area (Å²) in [6.45, 7) is 3.47. The number of carbonyl (C=O) groups is 1. The normalized spacial score (nSPS) is 12.1. The van der Waals surface area contributed by atoms with E-state index in [0.717, 1.165) is 32.8 Å². The second-order valence-corrected chi connectivity index (χ2v) is 9.62. The summed E-state index contributed by atoms with van der Waals surface area (Å²) in [4.78, 5) is 13.2. The van der Waals surface area contributed by atoms with Gasteiger partial charge in [0.25, 0.3) is 0 Å². The summed E-state index contributed by atoms with van der Waals surface area (Å²) >= 11 is 0. The molecule has 0 aliphatic rings. The lowest BCUT2D eigenvalue weighted by molar-refractivity contribution is -0.120. The molecule has 0 aromatic heterocycles. The Morgan fingerprint density at radius 3 is 2.28 bits per heavy atom. The largest absolute Gasteiger partial charge is 0.495 e. The fraction of sp³-hybridized carbons (Fsp3) is 0.240. The first-order chi connectivity index (χ1) is 15.2. The summed E-state index contributed by atoms with van der Waals surface area (Å²) in [6, 6.07) is 22.2. The number of benzene rings is 3. The van der Waals surface area contributed by atoms with E-state index in [-0.39, 0.29) is 6.54 Å². The maximum Gasteiger partial charge on any atom is 0.241 e. The van der Waals surface area contributed by atoms with Crippen LogP contribution in [0.1, 0.15) is 28.3 Å². The fourth-order valence-corrected chi connectivity index (χ4v) is 4.46. The van der Waals surface area contributed by atoms with Crippen LogP contribution >= 0.6 is 0 Å². The van der Waals surface area contributed by atoms with Crippen LogP contribution in [0.2, 0.25) is 0 Å². The second-order valence-electron chi connectivity index (χ2n) is 7.71. The molecule has 3 rings (SSSR count). The minimum absolute atomic E-state index is 0.331. The Morgan fingerprint density at radius 1 is 1.00 bits per heavy atom. The minimum atomic E-state index is -3.74. The molecule has 0 aliphatic carbocycles. The molecule has 3 aromatic rings. The van der Waals surface area contributed by atoms with Gasteiger partial charge in [0.15, 0.2) is 0 Å². The van der Waals surface area contributed by atoms with Crippen LogP contribution in [-0.4, -0.2) is 34.2 Å². The second kappa shape index (κ2) is 9.87. The number of sulfonamides is 1. The van der Waals surface area contributed by atoms with E-state index in [9.17, 15) is 13.2 Å². The lowest BCUT2D eigenvalue weighted by Crippen LogP contribution is -2.42. The van der Waals surface area contributed by atoms with E-state index in [4.69, 9.17) is 4.74 Å². The molecule has 168 valence electrons. The molecule has 32 heavy (non-hydrogen) atoms. The van der Waals surface area contributed by atoms with E-state index in [1.165, 1.54) is 7.11 Å². The van der Waals surface area contributed by atoms with Crippen molar-refractivity contribution < 1.29 is 17.9 Å². The van der Waals surface area contributed by atoms with Crippen LogP contribution in [0.15, 0.2) is 72.8 Å². The zero-order valence-corrected chi connectivity index (χ0v) is 19.5. The van der Waals surface area contributed by atoms with Crippen LogP contribution in [0.25, 0.3) is 0 Å². The number of ether oxygens (including phenoxy) is 1. The smallest absolute Gasteiger partial charge is 0.241 e. The third-order valence-corrected chi connectivity index (χ3v) is 6.35. The predicted molar refractivity (Wildman–Crippen MR) is 128 cm³/mol. The number of aryl methyl sites for hydroxylation is 2. The Kier molecular flexibility index (Phi) is 7.20. The van der Waals surface area contributed by atoms with Crippen molar-refractivity contribution in [3.8, 4) is 5.75 Å². The molecule has 0 saturated carbocycles. The van der Waals surface area contributed by atoms with Crippen LogP contribution in [0.5, 0.6) is 5.75 Å². The maximum absolute atomic E-state index is 13.2. The Labute approximate surface area is 189 Å². The van der Waals surface area contributed by atoms with E-state index in [1.807, 2.05) is 74.5 Å². The summed E-state index contributed by atoms with van der Waals surface area (Å²) in [5.41, 5.74) is 4.08. The molecule has 1 atom stereocenters. The molecule has 0 fully saturated rings. The van der Waals surface area contributed by atoms with Gasteiger partial charge >= 0.3 is 0 Å². The third-order valence-electron chi connectivity index (χ3n) is 5.23. The van der Waals surface area contributed by atoms with Crippen LogP contribution < -0.4 is 14.4 Å². The van der Waals surface area contributed by atoms with Gasteiger partial charge < -0.3 is 10.1 Å². The zero-order valence-electron chi connectivity index (χ0n) is 18.7. The summed E-state index contributed by atoms with van der Waals surface area (Å²) < 4.78 is 31.7. The van der Waals surface area contributed by atoms with Gasteiger partial charge in [-0.05, 0) is 48.2 Å². The van der Waals surface area contributed by atoms with Crippen molar-refractivity contribution in [2.75, 3.05) is 24.2 Å². The van der Waals surface area contributed by atoms with Gasteiger partial charge in [-0.1, -0.05) is 60.7 Å². The summed E-state index contributed by atoms with van der Waals surface area (Å²) in [5, 5.41) is 3.03. The van der Waals surface area contributed by atoms with Gasteiger partial charge in [0.2, 0.25) is 15.9 Å². The van der Waals surface area contributed by atoms with Crippen molar-refractivity contribution in [1.82, 2.24) is 5.32 Å². The molecule has 6 nitrogen and oxygen atoms in total. The molecular weight excluding hydrogens is 424 g/mol. The van der Waals surface area contributed by atoms with Gasteiger partial charge in [0.05, 0.1) is 25.1 Å². The number of nitrogens with one attached hydrogen (secondary N) is 1. The van der Waals surface area contributed by atoms with E-state index >= 15 is 0 Å². The Hall–Kier alpha value is -3.32. The molecule has 0 saturated heterocycles. The maximum atomic E-state index is 13.2. The minimum Gasteiger partial charge on any atom is -0.495 e. The zero-order chi connectivity index (χ0) is 23.3. The monoisotopic (exact) mass is 452 g/mol. The number of hydrogen-bond acceptors (Lipinski definition) is 4. The van der Waals surface area contributed by atoms with Gasteiger partial charge in [-0.25, -0.2) is 8.42 Å². The van der Waals surface area contributed by atoms with Crippen molar-refractivity contribution in [1.29, 1.82) is 0 Å². The van der Waals surface area contributed by atoms with Gasteiger partial charge in [-0.15, -0.1) is 0 Å². The van der Waals surface area contributed by atoms with E-state index in [2.05, 4.69) is 5.32 Å². The third kappa shape index (κ3) is 5.48. The Balaban J connectivity index is 1.95. The van der Waals surface area contributed by atoms with Gasteiger partial charge in [0.1, 0.15) is 12.3 Å². The van der Waals surface area contributed by atoms with Gasteiger partial charge in [-0.3, -0.25) is 9.10 Å². The summed E-state index contributed by atoms with van der Waals surface area (Å²) in [5.74, 6) is -0.0385. The molecular formula is C25H28N2O4S. The number of carbonyl (C=O) groups excluding carboxylic acids is 1. The van der Waals surface area contributed by atoms with Crippen LogP contribution in [0.4, 0.5) is 5.69 Å². The first-order valence-corrected chi connectivity index (χ1v) is 12.1. The highest BCUT2D eigenvalue weighted by Crippen LogP contribution is 2.31. The average Bonchev–Trinajstić information content (AvgIpc) is 2.76. The quantitative estimate of drug-likeness (QED) is 0.561. The Morgan fingerprint density at radius 2 is 1.66 bits per heavy atom. The van der Waals surface area contributed by atoms with E-state index in [0.29, 0.717) is 11.4 Å². The van der Waals surface area contributed by atoms with Crippen LogP contribution in [0, 0.1) is 13.8 Å². The highest BCUT2D eigenvalue weighted by Gasteiger charge is 2.26. The first-order valence-electron chi connectivity index (χ1n) is 10.2. The molecule has 0 spiro atoms. The van der Waals surface area contributed by atoms with Gasteiger partial charge in [-0.2, -0.15) is 0 Å². The van der Waals surface area contributed by atoms with Crippen molar-refractivity contribution in [2.24, 2.45) is 0 Å². The molecule has 1 N–H and O–H groups in total. The number of anilines is 1. The molecule has 0 unspecified atom stereocenters. The number of methoxy groups -OCH3 is 1. The first kappa shape index (κ1) is 23.3.